The van der Waals surface area contributed by atoms with Crippen molar-refractivity contribution >= 4 is 34.7 Å². The molecule has 0 unspecified atom stereocenters. The van der Waals surface area contributed by atoms with Crippen LogP contribution in [0.25, 0.3) is 0 Å². The maximum absolute atomic E-state index is 13.7. The molecule has 2 aromatic carbocycles. The van der Waals surface area contributed by atoms with E-state index >= 15 is 0 Å². The Kier molecular flexibility index (Phi) is 4.81. The molecule has 0 bridgehead atoms. The Labute approximate surface area is 148 Å². The molecule has 0 fully saturated rings. The molecule has 0 saturated carbocycles. The molecule has 3 aromatic rings. The van der Waals surface area contributed by atoms with E-state index in [1.54, 1.807) is 6.07 Å². The number of aromatic nitrogens is 2. The van der Waals surface area contributed by atoms with Gasteiger partial charge in [-0.2, -0.15) is 4.98 Å². The normalized spacial score (nSPS) is 10.6. The summed E-state index contributed by atoms with van der Waals surface area (Å²) in [6.07, 6.45) is 1.48. The standard InChI is InChI=1S/C18H15ClF2N4/c1-10-8-11(2)16(12(19)9-10)23-15-6-7-22-18(24-15)25-17-13(20)4-3-5-14(17)21/h3-9H,1-2H3,(H2,22,23,24,25). The monoisotopic (exact) mass is 360 g/mol. The number of rotatable bonds is 4. The molecule has 7 heteroatoms. The lowest BCUT2D eigenvalue weighted by atomic mass is 10.1. The summed E-state index contributed by atoms with van der Waals surface area (Å²) in [6, 6.07) is 9.07. The van der Waals surface area contributed by atoms with Crippen LogP contribution in [0.1, 0.15) is 11.1 Å². The summed E-state index contributed by atoms with van der Waals surface area (Å²) in [4.78, 5) is 8.21. The summed E-state index contributed by atoms with van der Waals surface area (Å²) < 4.78 is 27.5. The van der Waals surface area contributed by atoms with Gasteiger partial charge in [-0.05, 0) is 49.2 Å². The van der Waals surface area contributed by atoms with Gasteiger partial charge < -0.3 is 10.6 Å². The van der Waals surface area contributed by atoms with E-state index in [0.29, 0.717) is 16.5 Å². The molecule has 3 rings (SSSR count). The molecule has 0 aliphatic carbocycles. The van der Waals surface area contributed by atoms with Gasteiger partial charge in [-0.25, -0.2) is 13.8 Å². The van der Waals surface area contributed by atoms with Crippen LogP contribution in [-0.2, 0) is 0 Å². The second-order valence-corrected chi connectivity index (χ2v) is 5.96. The lowest BCUT2D eigenvalue weighted by Crippen LogP contribution is -2.04. The predicted octanol–water partition coefficient (Wildman–Crippen LogP) is 5.51. The van der Waals surface area contributed by atoms with Crippen LogP contribution in [0.3, 0.4) is 0 Å². The highest BCUT2D eigenvalue weighted by atomic mass is 35.5. The molecule has 0 aliphatic rings. The largest absolute Gasteiger partial charge is 0.339 e. The van der Waals surface area contributed by atoms with E-state index < -0.39 is 11.6 Å². The summed E-state index contributed by atoms with van der Waals surface area (Å²) in [5.74, 6) is -0.934. The van der Waals surface area contributed by atoms with Gasteiger partial charge >= 0.3 is 0 Å². The lowest BCUT2D eigenvalue weighted by Gasteiger charge is -2.13. The van der Waals surface area contributed by atoms with Crippen LogP contribution < -0.4 is 10.6 Å². The number of benzene rings is 2. The molecule has 1 aromatic heterocycles. The number of aryl methyl sites for hydroxylation is 2. The van der Waals surface area contributed by atoms with E-state index in [0.717, 1.165) is 23.3 Å². The molecule has 0 saturated heterocycles. The van der Waals surface area contributed by atoms with Crippen molar-refractivity contribution in [2.24, 2.45) is 0 Å². The van der Waals surface area contributed by atoms with Crippen LogP contribution in [-0.4, -0.2) is 9.97 Å². The minimum absolute atomic E-state index is 0.0647. The van der Waals surface area contributed by atoms with Gasteiger partial charge in [0.05, 0.1) is 10.7 Å². The lowest BCUT2D eigenvalue weighted by molar-refractivity contribution is 0.590. The van der Waals surface area contributed by atoms with Crippen LogP contribution in [0.15, 0.2) is 42.6 Å². The molecule has 1 heterocycles. The minimum atomic E-state index is -0.723. The van der Waals surface area contributed by atoms with Crippen molar-refractivity contribution in [2.45, 2.75) is 13.8 Å². The van der Waals surface area contributed by atoms with Gasteiger partial charge in [-0.15, -0.1) is 0 Å². The Balaban J connectivity index is 1.88. The third-order valence-corrected chi connectivity index (χ3v) is 3.84. The molecule has 0 radical (unpaired) electrons. The van der Waals surface area contributed by atoms with E-state index in [1.165, 1.54) is 12.3 Å². The van der Waals surface area contributed by atoms with Crippen LogP contribution in [0.2, 0.25) is 5.02 Å². The summed E-state index contributed by atoms with van der Waals surface area (Å²) in [6.45, 7) is 3.88. The van der Waals surface area contributed by atoms with Gasteiger partial charge in [0, 0.05) is 6.20 Å². The Morgan fingerprint density at radius 3 is 2.36 bits per heavy atom. The highest BCUT2D eigenvalue weighted by Crippen LogP contribution is 2.30. The van der Waals surface area contributed by atoms with Crippen molar-refractivity contribution in [3.8, 4) is 0 Å². The summed E-state index contributed by atoms with van der Waals surface area (Å²) in [5, 5.41) is 6.23. The van der Waals surface area contributed by atoms with Gasteiger partial charge in [0.1, 0.15) is 23.1 Å². The summed E-state index contributed by atoms with van der Waals surface area (Å²) in [7, 11) is 0. The average Bonchev–Trinajstić information content (AvgIpc) is 2.55. The fourth-order valence-electron chi connectivity index (χ4n) is 2.42. The first-order valence-corrected chi connectivity index (χ1v) is 7.89. The molecular formula is C18H15ClF2N4. The third kappa shape index (κ3) is 3.85. The Hall–Kier alpha value is -2.73. The molecule has 0 atom stereocenters. The Morgan fingerprint density at radius 1 is 0.960 bits per heavy atom. The first-order valence-electron chi connectivity index (χ1n) is 7.52. The summed E-state index contributed by atoms with van der Waals surface area (Å²) >= 11 is 6.28. The zero-order valence-corrected chi connectivity index (χ0v) is 14.3. The molecule has 4 nitrogen and oxygen atoms in total. The molecule has 2 N–H and O–H groups in total. The average molecular weight is 361 g/mol. The fraction of sp³-hybridized carbons (Fsp3) is 0.111. The van der Waals surface area contributed by atoms with E-state index in [4.69, 9.17) is 11.6 Å². The zero-order valence-electron chi connectivity index (χ0n) is 13.6. The van der Waals surface area contributed by atoms with Crippen molar-refractivity contribution in [2.75, 3.05) is 10.6 Å². The molecule has 0 spiro atoms. The van der Waals surface area contributed by atoms with E-state index in [-0.39, 0.29) is 11.6 Å². The smallest absolute Gasteiger partial charge is 0.229 e. The van der Waals surface area contributed by atoms with E-state index in [2.05, 4.69) is 20.6 Å². The van der Waals surface area contributed by atoms with Crippen molar-refractivity contribution in [1.29, 1.82) is 0 Å². The van der Waals surface area contributed by atoms with Gasteiger partial charge in [-0.1, -0.05) is 23.7 Å². The molecular weight excluding hydrogens is 346 g/mol. The minimum Gasteiger partial charge on any atom is -0.339 e. The number of nitrogens with zero attached hydrogens (tertiary/aromatic N) is 2. The Bertz CT molecular complexity index is 887. The predicted molar refractivity (Wildman–Crippen MR) is 95.9 cm³/mol. The first-order chi connectivity index (χ1) is 11.9. The molecule has 128 valence electrons. The first kappa shape index (κ1) is 17.1. The number of hydrogen-bond donors (Lipinski definition) is 2. The van der Waals surface area contributed by atoms with Crippen molar-refractivity contribution in [3.05, 3.63) is 70.4 Å². The van der Waals surface area contributed by atoms with Crippen molar-refractivity contribution in [1.82, 2.24) is 9.97 Å². The number of nitrogens with one attached hydrogen (secondary N) is 2. The van der Waals surface area contributed by atoms with Gasteiger partial charge in [0.15, 0.2) is 0 Å². The van der Waals surface area contributed by atoms with Gasteiger partial charge in [-0.3, -0.25) is 0 Å². The van der Waals surface area contributed by atoms with Gasteiger partial charge in [0.25, 0.3) is 0 Å². The van der Waals surface area contributed by atoms with Crippen molar-refractivity contribution in [3.63, 3.8) is 0 Å². The second-order valence-electron chi connectivity index (χ2n) is 5.55. The van der Waals surface area contributed by atoms with Crippen LogP contribution in [0.5, 0.6) is 0 Å². The van der Waals surface area contributed by atoms with Crippen LogP contribution in [0.4, 0.5) is 31.9 Å². The Morgan fingerprint density at radius 2 is 1.68 bits per heavy atom. The quantitative estimate of drug-likeness (QED) is 0.644. The zero-order chi connectivity index (χ0) is 18.0. The SMILES string of the molecule is Cc1cc(C)c(Nc2ccnc(Nc3c(F)cccc3F)n2)c(Cl)c1. The maximum atomic E-state index is 13.7. The van der Waals surface area contributed by atoms with E-state index in [9.17, 15) is 8.78 Å². The molecule has 0 amide bonds. The topological polar surface area (TPSA) is 49.8 Å². The third-order valence-electron chi connectivity index (χ3n) is 3.54. The molecule has 0 aliphatic heterocycles. The number of halogens is 3. The maximum Gasteiger partial charge on any atom is 0.229 e. The summed E-state index contributed by atoms with van der Waals surface area (Å²) in [5.41, 5.74) is 2.42. The second kappa shape index (κ2) is 7.03. The van der Waals surface area contributed by atoms with Crippen molar-refractivity contribution < 1.29 is 8.78 Å². The highest BCUT2D eigenvalue weighted by molar-refractivity contribution is 6.33. The molecule has 25 heavy (non-hydrogen) atoms. The number of hydrogen-bond acceptors (Lipinski definition) is 4. The highest BCUT2D eigenvalue weighted by Gasteiger charge is 2.11. The van der Waals surface area contributed by atoms with Gasteiger partial charge in [0.2, 0.25) is 5.95 Å². The van der Waals surface area contributed by atoms with Crippen LogP contribution in [0, 0.1) is 25.5 Å². The fourth-order valence-corrected chi connectivity index (χ4v) is 2.79. The van der Waals surface area contributed by atoms with Crippen LogP contribution >= 0.6 is 11.6 Å². The number of para-hydroxylation sites is 1. The van der Waals surface area contributed by atoms with E-state index in [1.807, 2.05) is 26.0 Å². The number of anilines is 4.